The van der Waals surface area contributed by atoms with E-state index in [2.05, 4.69) is 10.6 Å². The zero-order chi connectivity index (χ0) is 22.8. The van der Waals surface area contributed by atoms with Crippen molar-refractivity contribution in [2.24, 2.45) is 0 Å². The van der Waals surface area contributed by atoms with Crippen LogP contribution in [0.5, 0.6) is 0 Å². The first-order valence-electron chi connectivity index (χ1n) is 10.5. The number of urea groups is 1. The number of imide groups is 1. The first-order valence-corrected chi connectivity index (χ1v) is 10.5. The van der Waals surface area contributed by atoms with Gasteiger partial charge in [0.15, 0.2) is 0 Å². The van der Waals surface area contributed by atoms with Crippen LogP contribution in [0.4, 0.5) is 14.9 Å². The molecule has 0 bridgehead atoms. The van der Waals surface area contributed by atoms with E-state index in [1.165, 1.54) is 24.3 Å². The van der Waals surface area contributed by atoms with Gasteiger partial charge in [0.05, 0.1) is 0 Å². The fourth-order valence-electron chi connectivity index (χ4n) is 4.16. The van der Waals surface area contributed by atoms with Gasteiger partial charge in [-0.15, -0.1) is 0 Å². The first kappa shape index (κ1) is 22.5. The van der Waals surface area contributed by atoms with Crippen molar-refractivity contribution in [2.45, 2.75) is 52.5 Å². The molecule has 0 spiro atoms. The van der Waals surface area contributed by atoms with E-state index in [4.69, 9.17) is 0 Å². The lowest BCUT2D eigenvalue weighted by molar-refractivity contribution is -0.134. The topological polar surface area (TPSA) is 78.5 Å². The average molecular weight is 426 g/mol. The van der Waals surface area contributed by atoms with E-state index in [1.807, 2.05) is 39.8 Å². The molecule has 4 amide bonds. The second kappa shape index (κ2) is 8.88. The molecule has 3 rings (SSSR count). The second-order valence-corrected chi connectivity index (χ2v) is 8.16. The summed E-state index contributed by atoms with van der Waals surface area (Å²) in [6, 6.07) is 8.83. The average Bonchev–Trinajstić information content (AvgIpc) is 2.94. The van der Waals surface area contributed by atoms with Gasteiger partial charge in [-0.1, -0.05) is 49.6 Å². The van der Waals surface area contributed by atoms with Crippen molar-refractivity contribution in [2.75, 3.05) is 11.9 Å². The number of carbonyl (C=O) groups excluding carboxylic acids is 3. The summed E-state index contributed by atoms with van der Waals surface area (Å²) >= 11 is 0. The molecule has 0 aromatic heterocycles. The van der Waals surface area contributed by atoms with E-state index in [-0.39, 0.29) is 0 Å². The highest BCUT2D eigenvalue weighted by atomic mass is 19.1. The number of benzene rings is 2. The maximum absolute atomic E-state index is 13.4. The normalized spacial score (nSPS) is 18.3. The van der Waals surface area contributed by atoms with Crippen LogP contribution in [0.25, 0.3) is 0 Å². The Hall–Kier alpha value is -3.22. The largest absolute Gasteiger partial charge is 0.325 e. The van der Waals surface area contributed by atoms with Crippen LogP contribution in [-0.4, -0.2) is 29.3 Å². The van der Waals surface area contributed by atoms with Crippen molar-refractivity contribution < 1.29 is 18.8 Å². The van der Waals surface area contributed by atoms with Crippen LogP contribution in [0, 0.1) is 26.6 Å². The smallest absolute Gasteiger partial charge is 0.324 e. The van der Waals surface area contributed by atoms with E-state index in [1.54, 1.807) is 0 Å². The molecule has 1 aliphatic heterocycles. The fraction of sp³-hybridized carbons (Fsp3) is 0.375. The number of aryl methyl sites for hydroxylation is 3. The van der Waals surface area contributed by atoms with Gasteiger partial charge in [-0.2, -0.15) is 0 Å². The number of carbonyl (C=O) groups is 3. The van der Waals surface area contributed by atoms with E-state index in [0.717, 1.165) is 28.0 Å². The molecule has 2 aromatic carbocycles. The Labute approximate surface area is 181 Å². The van der Waals surface area contributed by atoms with Gasteiger partial charge in [0, 0.05) is 5.69 Å². The molecule has 6 nitrogen and oxygen atoms in total. The third kappa shape index (κ3) is 4.45. The monoisotopic (exact) mass is 425 g/mol. The number of anilines is 1. The zero-order valence-corrected chi connectivity index (χ0v) is 18.3. The van der Waals surface area contributed by atoms with Crippen LogP contribution in [-0.2, 0) is 15.1 Å². The summed E-state index contributed by atoms with van der Waals surface area (Å²) < 4.78 is 13.4. The standard InChI is InChI=1S/C24H28FN3O3/c1-5-6-11-24(18-7-9-19(25)10-8-18)22(30)28(23(31)27-24)14-20(29)26-21-16(3)12-15(2)13-17(21)4/h7-10,12-13H,5-6,11,14H2,1-4H3,(H,26,29)(H,27,31)/t24-/m0/s1. The molecule has 1 aliphatic rings. The summed E-state index contributed by atoms with van der Waals surface area (Å²) in [5, 5.41) is 5.60. The molecular weight excluding hydrogens is 397 g/mol. The summed E-state index contributed by atoms with van der Waals surface area (Å²) in [6.45, 7) is 7.36. The molecule has 1 fully saturated rings. The van der Waals surface area contributed by atoms with Crippen molar-refractivity contribution in [3.63, 3.8) is 0 Å². The van der Waals surface area contributed by atoms with Gasteiger partial charge in [0.25, 0.3) is 5.91 Å². The Bertz CT molecular complexity index is 996. The van der Waals surface area contributed by atoms with Crippen molar-refractivity contribution >= 4 is 23.5 Å². The molecule has 2 aromatic rings. The summed E-state index contributed by atoms with van der Waals surface area (Å²) in [6.07, 6.45) is 1.87. The maximum Gasteiger partial charge on any atom is 0.325 e. The minimum atomic E-state index is -1.29. The van der Waals surface area contributed by atoms with Crippen LogP contribution < -0.4 is 10.6 Å². The number of amides is 4. The third-order valence-electron chi connectivity index (χ3n) is 5.66. The van der Waals surface area contributed by atoms with Crippen LogP contribution >= 0.6 is 0 Å². The van der Waals surface area contributed by atoms with Crippen LogP contribution in [0.2, 0.25) is 0 Å². The van der Waals surface area contributed by atoms with Gasteiger partial charge in [-0.3, -0.25) is 14.5 Å². The number of unbranched alkanes of at least 4 members (excludes halogenated alkanes) is 1. The van der Waals surface area contributed by atoms with Crippen LogP contribution in [0.15, 0.2) is 36.4 Å². The minimum absolute atomic E-state index is 0.369. The van der Waals surface area contributed by atoms with Crippen molar-refractivity contribution in [3.05, 3.63) is 64.5 Å². The van der Waals surface area contributed by atoms with Gasteiger partial charge in [-0.05, 0) is 56.0 Å². The Kier molecular flexibility index (Phi) is 6.43. The van der Waals surface area contributed by atoms with E-state index in [9.17, 15) is 18.8 Å². The Morgan fingerprint density at radius 3 is 2.29 bits per heavy atom. The molecule has 31 heavy (non-hydrogen) atoms. The number of rotatable bonds is 7. The molecular formula is C24H28FN3O3. The SMILES string of the molecule is CCCC[C@@]1(c2ccc(F)cc2)NC(=O)N(CC(=O)Nc2c(C)cc(C)cc2C)C1=O. The molecule has 1 saturated heterocycles. The van der Waals surface area contributed by atoms with E-state index < -0.39 is 35.7 Å². The molecule has 0 aliphatic carbocycles. The van der Waals surface area contributed by atoms with Gasteiger partial charge < -0.3 is 10.6 Å². The first-order chi connectivity index (χ1) is 14.7. The highest BCUT2D eigenvalue weighted by Crippen LogP contribution is 2.34. The van der Waals surface area contributed by atoms with Crippen molar-refractivity contribution in [1.82, 2.24) is 10.2 Å². The summed E-state index contributed by atoms with van der Waals surface area (Å²) in [5.74, 6) is -1.37. The number of halogens is 1. The minimum Gasteiger partial charge on any atom is -0.324 e. The molecule has 1 heterocycles. The van der Waals surface area contributed by atoms with E-state index >= 15 is 0 Å². The Balaban J connectivity index is 1.84. The summed E-state index contributed by atoms with van der Waals surface area (Å²) in [4.78, 5) is 39.7. The molecule has 164 valence electrons. The van der Waals surface area contributed by atoms with E-state index in [0.29, 0.717) is 24.1 Å². The molecule has 0 saturated carbocycles. The lowest BCUT2D eigenvalue weighted by Crippen LogP contribution is -2.44. The number of hydrogen-bond acceptors (Lipinski definition) is 3. The summed E-state index contributed by atoms with van der Waals surface area (Å²) in [7, 11) is 0. The molecule has 1 atom stereocenters. The predicted octanol–water partition coefficient (Wildman–Crippen LogP) is 4.33. The van der Waals surface area contributed by atoms with Gasteiger partial charge in [0.2, 0.25) is 5.91 Å². The van der Waals surface area contributed by atoms with Crippen LogP contribution in [0.3, 0.4) is 0 Å². The number of nitrogens with zero attached hydrogens (tertiary/aromatic N) is 1. The van der Waals surface area contributed by atoms with Crippen LogP contribution in [0.1, 0.15) is 48.4 Å². The third-order valence-corrected chi connectivity index (χ3v) is 5.66. The molecule has 0 unspecified atom stereocenters. The quantitative estimate of drug-likeness (QED) is 0.648. The second-order valence-electron chi connectivity index (χ2n) is 8.16. The van der Waals surface area contributed by atoms with Gasteiger partial charge >= 0.3 is 6.03 Å². The lowest BCUT2D eigenvalue weighted by atomic mass is 9.85. The number of nitrogens with one attached hydrogen (secondary N) is 2. The van der Waals surface area contributed by atoms with Crippen molar-refractivity contribution in [1.29, 1.82) is 0 Å². The lowest BCUT2D eigenvalue weighted by Gasteiger charge is -2.27. The zero-order valence-electron chi connectivity index (χ0n) is 18.3. The molecule has 0 radical (unpaired) electrons. The highest BCUT2D eigenvalue weighted by Gasteiger charge is 2.52. The van der Waals surface area contributed by atoms with Gasteiger partial charge in [-0.25, -0.2) is 9.18 Å². The van der Waals surface area contributed by atoms with Gasteiger partial charge in [0.1, 0.15) is 17.9 Å². The molecule has 2 N–H and O–H groups in total. The highest BCUT2D eigenvalue weighted by molar-refractivity contribution is 6.10. The Morgan fingerprint density at radius 1 is 1.10 bits per heavy atom. The maximum atomic E-state index is 13.4. The fourth-order valence-corrected chi connectivity index (χ4v) is 4.16. The van der Waals surface area contributed by atoms with Crippen molar-refractivity contribution in [3.8, 4) is 0 Å². The molecule has 7 heteroatoms. The number of hydrogen-bond donors (Lipinski definition) is 2. The predicted molar refractivity (Wildman–Crippen MR) is 117 cm³/mol. The summed E-state index contributed by atoms with van der Waals surface area (Å²) in [5.41, 5.74) is 2.80. The Morgan fingerprint density at radius 2 is 1.71 bits per heavy atom.